The van der Waals surface area contributed by atoms with Gasteiger partial charge in [0.05, 0.1) is 12.2 Å². The van der Waals surface area contributed by atoms with Crippen LogP contribution in [0.2, 0.25) is 0 Å². The molecule has 0 saturated carbocycles. The lowest BCUT2D eigenvalue weighted by Gasteiger charge is -2.15. The Balaban J connectivity index is 1.71. The number of ether oxygens (including phenoxy) is 1. The molecule has 4 heteroatoms. The summed E-state index contributed by atoms with van der Waals surface area (Å²) < 4.78 is 5.63. The quantitative estimate of drug-likeness (QED) is 0.796. The van der Waals surface area contributed by atoms with Crippen LogP contribution in [0.3, 0.4) is 0 Å². The van der Waals surface area contributed by atoms with Crippen LogP contribution in [-0.2, 0) is 0 Å². The second-order valence-corrected chi connectivity index (χ2v) is 4.66. The molecule has 1 aromatic carbocycles. The van der Waals surface area contributed by atoms with E-state index in [-0.39, 0.29) is 0 Å². The molecule has 1 aliphatic rings. The maximum atomic E-state index is 8.92. The van der Waals surface area contributed by atoms with Crippen molar-refractivity contribution in [3.63, 3.8) is 0 Å². The van der Waals surface area contributed by atoms with Gasteiger partial charge in [-0.3, -0.25) is 0 Å². The molecule has 1 unspecified atom stereocenters. The Hall–Kier alpha value is -1.57. The summed E-state index contributed by atoms with van der Waals surface area (Å²) in [6.45, 7) is 3.75. The summed E-state index contributed by atoms with van der Waals surface area (Å²) in [6.07, 6.45) is 2.06. The lowest BCUT2D eigenvalue weighted by molar-refractivity contribution is 0.261. The van der Waals surface area contributed by atoms with Crippen molar-refractivity contribution < 1.29 is 4.74 Å². The highest BCUT2D eigenvalue weighted by Gasteiger charge is 2.17. The summed E-state index contributed by atoms with van der Waals surface area (Å²) in [7, 11) is 0. The summed E-state index contributed by atoms with van der Waals surface area (Å²) in [5, 5.41) is 8.92. The summed E-state index contributed by atoms with van der Waals surface area (Å²) >= 11 is 0. The third-order valence-corrected chi connectivity index (χ3v) is 3.19. The minimum absolute atomic E-state index is 0.338. The van der Waals surface area contributed by atoms with E-state index in [9.17, 15) is 0 Å². The van der Waals surface area contributed by atoms with E-state index in [4.69, 9.17) is 15.7 Å². The van der Waals surface area contributed by atoms with Crippen molar-refractivity contribution in [1.82, 2.24) is 4.90 Å². The van der Waals surface area contributed by atoms with Crippen molar-refractivity contribution in [2.75, 3.05) is 26.2 Å². The van der Waals surface area contributed by atoms with Gasteiger partial charge in [-0.2, -0.15) is 5.26 Å². The minimum atomic E-state index is 0.338. The summed E-state index contributed by atoms with van der Waals surface area (Å²) in [5.74, 6) is 0.679. The van der Waals surface area contributed by atoms with Gasteiger partial charge in [-0.05, 0) is 31.5 Å². The van der Waals surface area contributed by atoms with Crippen LogP contribution in [0.15, 0.2) is 24.3 Å². The molecule has 0 amide bonds. The molecule has 1 aliphatic heterocycles. The van der Waals surface area contributed by atoms with E-state index in [1.165, 1.54) is 0 Å². The second-order valence-electron chi connectivity index (χ2n) is 4.66. The lowest BCUT2D eigenvalue weighted by atomic mass is 10.2. The number of nitrogens with zero attached hydrogens (tertiary/aromatic N) is 2. The van der Waals surface area contributed by atoms with E-state index in [1.807, 2.05) is 18.2 Å². The van der Waals surface area contributed by atoms with E-state index >= 15 is 0 Å². The first-order valence-corrected chi connectivity index (χ1v) is 6.39. The van der Waals surface area contributed by atoms with Gasteiger partial charge >= 0.3 is 0 Å². The first-order valence-electron chi connectivity index (χ1n) is 6.39. The largest absolute Gasteiger partial charge is 0.492 e. The second kappa shape index (κ2) is 6.39. The minimum Gasteiger partial charge on any atom is -0.492 e. The SMILES string of the molecule is N#Cc1ccccc1OCCCN1CCC(N)C1. The standard InChI is InChI=1S/C14H19N3O/c15-10-12-4-1-2-5-14(12)18-9-3-7-17-8-6-13(16)11-17/h1-2,4-5,13H,3,6-9,11,16H2. The first kappa shape index (κ1) is 12.9. The molecule has 96 valence electrons. The van der Waals surface area contributed by atoms with Gasteiger partial charge in [0, 0.05) is 19.1 Å². The van der Waals surface area contributed by atoms with Crippen molar-refractivity contribution in [3.05, 3.63) is 29.8 Å². The molecule has 0 bridgehead atoms. The molecule has 1 fully saturated rings. The zero-order chi connectivity index (χ0) is 12.8. The maximum Gasteiger partial charge on any atom is 0.137 e. The Morgan fingerprint density at radius 2 is 2.28 bits per heavy atom. The predicted molar refractivity (Wildman–Crippen MR) is 70.3 cm³/mol. The van der Waals surface area contributed by atoms with Gasteiger partial charge in [0.25, 0.3) is 0 Å². The fourth-order valence-corrected chi connectivity index (χ4v) is 2.22. The normalized spacial score (nSPS) is 19.7. The maximum absolute atomic E-state index is 8.92. The van der Waals surface area contributed by atoms with Crippen LogP contribution >= 0.6 is 0 Å². The number of benzene rings is 1. The Morgan fingerprint density at radius 3 is 3.00 bits per heavy atom. The summed E-state index contributed by atoms with van der Waals surface area (Å²) in [5.41, 5.74) is 6.45. The molecule has 0 spiro atoms. The third-order valence-electron chi connectivity index (χ3n) is 3.19. The number of hydrogen-bond acceptors (Lipinski definition) is 4. The van der Waals surface area contributed by atoms with E-state index in [2.05, 4.69) is 11.0 Å². The van der Waals surface area contributed by atoms with Gasteiger partial charge in [0.1, 0.15) is 11.8 Å². The molecule has 0 aromatic heterocycles. The van der Waals surface area contributed by atoms with Crippen molar-refractivity contribution in [3.8, 4) is 11.8 Å². The molecular formula is C14H19N3O. The molecule has 0 radical (unpaired) electrons. The number of para-hydroxylation sites is 1. The average molecular weight is 245 g/mol. The van der Waals surface area contributed by atoms with Gasteiger partial charge in [0.2, 0.25) is 0 Å². The molecule has 1 saturated heterocycles. The van der Waals surface area contributed by atoms with Crippen LogP contribution in [0, 0.1) is 11.3 Å². The van der Waals surface area contributed by atoms with Crippen molar-refractivity contribution in [2.45, 2.75) is 18.9 Å². The number of rotatable bonds is 5. The van der Waals surface area contributed by atoms with Crippen molar-refractivity contribution in [2.24, 2.45) is 5.73 Å². The smallest absolute Gasteiger partial charge is 0.137 e. The molecule has 18 heavy (non-hydrogen) atoms. The topological polar surface area (TPSA) is 62.3 Å². The van der Waals surface area contributed by atoms with Crippen LogP contribution in [0.25, 0.3) is 0 Å². The fraction of sp³-hybridized carbons (Fsp3) is 0.500. The summed E-state index contributed by atoms with van der Waals surface area (Å²) in [6, 6.07) is 9.81. The van der Waals surface area contributed by atoms with E-state index in [0.29, 0.717) is 24.0 Å². The Kier molecular flexibility index (Phi) is 4.57. The van der Waals surface area contributed by atoms with Crippen LogP contribution < -0.4 is 10.5 Å². The Bertz CT molecular complexity index is 427. The molecule has 4 nitrogen and oxygen atoms in total. The number of likely N-dealkylation sites (tertiary alicyclic amines) is 1. The van der Waals surface area contributed by atoms with Gasteiger partial charge in [-0.25, -0.2) is 0 Å². The Morgan fingerprint density at radius 1 is 1.44 bits per heavy atom. The van der Waals surface area contributed by atoms with Crippen LogP contribution in [0.5, 0.6) is 5.75 Å². The number of nitriles is 1. The fourth-order valence-electron chi connectivity index (χ4n) is 2.22. The third kappa shape index (κ3) is 3.46. The van der Waals surface area contributed by atoms with E-state index in [0.717, 1.165) is 32.5 Å². The summed E-state index contributed by atoms with van der Waals surface area (Å²) in [4.78, 5) is 2.37. The zero-order valence-electron chi connectivity index (χ0n) is 10.5. The van der Waals surface area contributed by atoms with E-state index < -0.39 is 0 Å². The van der Waals surface area contributed by atoms with Gasteiger partial charge in [-0.1, -0.05) is 12.1 Å². The molecule has 1 aromatic rings. The highest BCUT2D eigenvalue weighted by Crippen LogP contribution is 2.16. The van der Waals surface area contributed by atoms with Crippen LogP contribution in [0.4, 0.5) is 0 Å². The van der Waals surface area contributed by atoms with Gasteiger partial charge < -0.3 is 15.4 Å². The van der Waals surface area contributed by atoms with E-state index in [1.54, 1.807) is 6.07 Å². The number of nitrogens with two attached hydrogens (primary N) is 1. The highest BCUT2D eigenvalue weighted by molar-refractivity contribution is 5.42. The molecule has 1 heterocycles. The predicted octanol–water partition coefficient (Wildman–Crippen LogP) is 1.36. The van der Waals surface area contributed by atoms with Gasteiger partial charge in [-0.15, -0.1) is 0 Å². The number of hydrogen-bond donors (Lipinski definition) is 1. The molecule has 0 aliphatic carbocycles. The molecule has 2 N–H and O–H groups in total. The molecule has 2 rings (SSSR count). The van der Waals surface area contributed by atoms with Crippen LogP contribution in [-0.4, -0.2) is 37.2 Å². The highest BCUT2D eigenvalue weighted by atomic mass is 16.5. The lowest BCUT2D eigenvalue weighted by Crippen LogP contribution is -2.28. The molecular weight excluding hydrogens is 226 g/mol. The zero-order valence-corrected chi connectivity index (χ0v) is 10.5. The average Bonchev–Trinajstić information content (AvgIpc) is 2.81. The van der Waals surface area contributed by atoms with Gasteiger partial charge in [0.15, 0.2) is 0 Å². The first-order chi connectivity index (χ1) is 8.79. The Labute approximate surface area is 108 Å². The van der Waals surface area contributed by atoms with Crippen molar-refractivity contribution in [1.29, 1.82) is 5.26 Å². The van der Waals surface area contributed by atoms with Crippen LogP contribution in [0.1, 0.15) is 18.4 Å². The monoisotopic (exact) mass is 245 g/mol. The molecule has 1 atom stereocenters. The van der Waals surface area contributed by atoms with Crippen molar-refractivity contribution >= 4 is 0 Å².